The van der Waals surface area contributed by atoms with Crippen LogP contribution in [0.4, 0.5) is 9.18 Å². The lowest BCUT2D eigenvalue weighted by Gasteiger charge is -2.62. The molecule has 4 aliphatic carbocycles. The summed E-state index contributed by atoms with van der Waals surface area (Å²) in [6, 6.07) is 4.96. The van der Waals surface area contributed by atoms with Gasteiger partial charge in [-0.25, -0.2) is 14.0 Å². The molecule has 8 atom stereocenters. The molecule has 0 amide bonds. The van der Waals surface area contributed by atoms with Crippen LogP contribution in [0, 0.1) is 22.7 Å². The van der Waals surface area contributed by atoms with Crippen LogP contribution in [-0.4, -0.2) is 86.3 Å². The molecule has 0 saturated heterocycles. The van der Waals surface area contributed by atoms with Crippen LogP contribution >= 0.6 is 0 Å². The highest BCUT2D eigenvalue weighted by Crippen LogP contribution is 2.69. The molecular weight excluding hydrogens is 635 g/mol. The smallest absolute Gasteiger partial charge is 0.456 e. The van der Waals surface area contributed by atoms with E-state index in [1.54, 1.807) is 38.1 Å². The normalized spacial score (nSPS) is 34.4. The van der Waals surface area contributed by atoms with Gasteiger partial charge in [0.05, 0.1) is 18.1 Å². The summed E-state index contributed by atoms with van der Waals surface area (Å²) < 4.78 is 32.2. The van der Waals surface area contributed by atoms with Gasteiger partial charge < -0.3 is 30.2 Å². The van der Waals surface area contributed by atoms with Gasteiger partial charge in [0, 0.05) is 16.7 Å². The lowest BCUT2D eigenvalue weighted by Crippen LogP contribution is -2.69. The van der Waals surface area contributed by atoms with Crippen molar-refractivity contribution in [2.75, 3.05) is 13.2 Å². The molecule has 6 N–H and O–H groups in total. The second-order valence-electron chi connectivity index (χ2n) is 13.5. The number of aliphatic hydroxyl groups excluding tert-OH is 1. The number of ether oxygens (including phenoxy) is 3. The van der Waals surface area contributed by atoms with Gasteiger partial charge in [0.15, 0.2) is 18.1 Å². The Bertz CT molecular complexity index is 1500. The lowest BCUT2D eigenvalue weighted by atomic mass is 9.44. The summed E-state index contributed by atoms with van der Waals surface area (Å²) in [5.74, 6) is -3.26. The second-order valence-corrected chi connectivity index (χ2v) is 13.5. The Labute approximate surface area is 275 Å². The van der Waals surface area contributed by atoms with Crippen molar-refractivity contribution in [1.82, 2.24) is 5.39 Å². The summed E-state index contributed by atoms with van der Waals surface area (Å²) in [5, 5.41) is 39.9. The number of nitrogens with zero attached hydrogens (tertiary/aromatic N) is 1. The number of nitrogens with two attached hydrogens (primary N) is 1. The molecule has 4 aliphatic rings. The third-order valence-corrected chi connectivity index (χ3v) is 11.0. The highest BCUT2D eigenvalue weighted by atomic mass is 19.1. The number of Topliss-reactive ketones (excluding diaryl/α,β-unsaturated/α-hetero) is 1. The summed E-state index contributed by atoms with van der Waals surface area (Å²) in [4.78, 5) is 54.5. The molecule has 0 radical (unpaired) electrons. The fraction of sp³-hybridized carbons (Fsp3) is 0.576. The fourth-order valence-electron chi connectivity index (χ4n) is 8.31. The van der Waals surface area contributed by atoms with Crippen molar-refractivity contribution in [3.63, 3.8) is 0 Å². The summed E-state index contributed by atoms with van der Waals surface area (Å²) in [7, 11) is 0. The molecule has 0 bridgehead atoms. The molecule has 48 heavy (non-hydrogen) atoms. The van der Waals surface area contributed by atoms with E-state index in [2.05, 4.69) is 4.84 Å². The van der Waals surface area contributed by atoms with Gasteiger partial charge in [-0.3, -0.25) is 24.8 Å². The minimum Gasteiger partial charge on any atom is -0.456 e. The van der Waals surface area contributed by atoms with E-state index in [1.807, 2.05) is 0 Å². The average molecular weight is 677 g/mol. The van der Waals surface area contributed by atoms with Crippen LogP contribution in [0.15, 0.2) is 48.1 Å². The van der Waals surface area contributed by atoms with Gasteiger partial charge in [-0.1, -0.05) is 42.8 Å². The number of rotatable bonds is 11. The predicted molar refractivity (Wildman–Crippen MR) is 160 cm³/mol. The number of alkyl halides is 1. The highest BCUT2D eigenvalue weighted by Gasteiger charge is 2.74. The number of hydrogen-bond acceptors (Lipinski definition) is 14. The largest absolute Gasteiger partial charge is 0.508 e. The Morgan fingerprint density at radius 2 is 1.71 bits per heavy atom. The minimum atomic E-state index is -2.11. The van der Waals surface area contributed by atoms with E-state index in [4.69, 9.17) is 30.4 Å². The van der Waals surface area contributed by atoms with Crippen molar-refractivity contribution in [3.8, 4) is 0 Å². The van der Waals surface area contributed by atoms with Crippen molar-refractivity contribution in [3.05, 3.63) is 59.2 Å². The number of esters is 1. The van der Waals surface area contributed by atoms with Crippen LogP contribution in [0.5, 0.6) is 0 Å². The zero-order valence-corrected chi connectivity index (χ0v) is 26.7. The third-order valence-electron chi connectivity index (χ3n) is 11.0. The van der Waals surface area contributed by atoms with E-state index < -0.39 is 82.6 Å². The Hall–Kier alpha value is -3.57. The Balaban J connectivity index is 1.12. The maximum atomic E-state index is 17.2. The molecule has 4 unspecified atom stereocenters. The average Bonchev–Trinajstić information content (AvgIpc) is 3.32. The molecule has 262 valence electrons. The molecule has 5 rings (SSSR count). The van der Waals surface area contributed by atoms with Gasteiger partial charge in [0.2, 0.25) is 5.78 Å². The van der Waals surface area contributed by atoms with Crippen molar-refractivity contribution >= 4 is 23.7 Å². The van der Waals surface area contributed by atoms with E-state index in [-0.39, 0.29) is 31.8 Å². The van der Waals surface area contributed by atoms with Gasteiger partial charge in [-0.2, -0.15) is 0 Å². The number of halogens is 1. The quantitative estimate of drug-likeness (QED) is 0.168. The SMILES string of the molecule is C[C@]12C=CC(=O)C=C1CC[C@H]1C3CCC(O)(C(=O)COC(=O)C(N)COC(=O)OCc4ccc(CON(O)O)cc4)[C@@]3(C)C[C@H](O)C12F. The summed E-state index contributed by atoms with van der Waals surface area (Å²) in [5.41, 5.74) is 1.05. The molecule has 0 aliphatic heterocycles. The first-order valence-corrected chi connectivity index (χ1v) is 15.7. The van der Waals surface area contributed by atoms with Crippen molar-refractivity contribution in [2.45, 2.75) is 82.6 Å². The highest BCUT2D eigenvalue weighted by molar-refractivity contribution is 6.01. The molecule has 0 spiro atoms. The summed E-state index contributed by atoms with van der Waals surface area (Å²) >= 11 is 0. The van der Waals surface area contributed by atoms with Gasteiger partial charge in [0.1, 0.15) is 24.9 Å². The molecule has 3 fully saturated rings. The number of fused-ring (bicyclic) bond motifs is 5. The van der Waals surface area contributed by atoms with Crippen LogP contribution in [-0.2, 0) is 46.6 Å². The maximum absolute atomic E-state index is 17.2. The van der Waals surface area contributed by atoms with Crippen LogP contribution in [0.2, 0.25) is 0 Å². The standard InChI is InChI=1S/C33H41FN2O12/c1-30-11-9-22(37)13-21(30)7-8-24-23-10-12-32(42,31(23,2)14-26(38)33(24,30)34)27(39)18-45-28(40)25(35)17-47-29(41)46-15-19-3-5-20(6-4-19)16-48-36(43)44/h3-6,9,11,13,23-26,38,42-44H,7-8,10,12,14-18,35H2,1-2H3/t23?,24-,25?,26-,30-,31-,32?,33?/m0/s1. The Morgan fingerprint density at radius 3 is 2.38 bits per heavy atom. The molecule has 14 nitrogen and oxygen atoms in total. The van der Waals surface area contributed by atoms with Crippen LogP contribution in [0.25, 0.3) is 0 Å². The van der Waals surface area contributed by atoms with Gasteiger partial charge in [0.25, 0.3) is 0 Å². The van der Waals surface area contributed by atoms with E-state index >= 15 is 4.39 Å². The molecule has 1 aromatic carbocycles. The number of aliphatic hydroxyl groups is 2. The van der Waals surface area contributed by atoms with Gasteiger partial charge in [-0.05, 0) is 68.2 Å². The Kier molecular flexibility index (Phi) is 9.96. The van der Waals surface area contributed by atoms with E-state index in [1.165, 1.54) is 18.2 Å². The summed E-state index contributed by atoms with van der Waals surface area (Å²) in [6.45, 7) is 1.61. The predicted octanol–water partition coefficient (Wildman–Crippen LogP) is 2.39. The number of hydrogen-bond donors (Lipinski definition) is 5. The summed E-state index contributed by atoms with van der Waals surface area (Å²) in [6.07, 6.45) is 2.49. The number of carbonyl (C=O) groups is 4. The van der Waals surface area contributed by atoms with Crippen LogP contribution < -0.4 is 5.73 Å². The zero-order valence-electron chi connectivity index (χ0n) is 26.7. The van der Waals surface area contributed by atoms with Crippen molar-refractivity contribution < 1.29 is 63.2 Å². The third kappa shape index (κ3) is 6.19. The number of carbonyl (C=O) groups excluding carboxylic acids is 4. The maximum Gasteiger partial charge on any atom is 0.508 e. The topological polar surface area (TPSA) is 215 Å². The first-order chi connectivity index (χ1) is 22.5. The molecular formula is C33H41FN2O12. The zero-order chi connectivity index (χ0) is 35.1. The van der Waals surface area contributed by atoms with E-state index in [0.717, 1.165) is 0 Å². The van der Waals surface area contributed by atoms with Crippen molar-refractivity contribution in [2.24, 2.45) is 28.4 Å². The lowest BCUT2D eigenvalue weighted by molar-refractivity contribution is -0.497. The second kappa shape index (κ2) is 13.4. The van der Waals surface area contributed by atoms with Gasteiger partial charge >= 0.3 is 12.1 Å². The molecule has 0 heterocycles. The van der Waals surface area contributed by atoms with E-state index in [9.17, 15) is 29.4 Å². The molecule has 0 aromatic heterocycles. The fourth-order valence-corrected chi connectivity index (χ4v) is 8.31. The van der Waals surface area contributed by atoms with Crippen molar-refractivity contribution in [1.29, 1.82) is 0 Å². The number of allylic oxidation sites excluding steroid dienone is 4. The molecule has 1 aromatic rings. The monoisotopic (exact) mass is 676 g/mol. The van der Waals surface area contributed by atoms with Crippen LogP contribution in [0.1, 0.15) is 57.1 Å². The Morgan fingerprint density at radius 1 is 1.04 bits per heavy atom. The first kappa shape index (κ1) is 35.7. The first-order valence-electron chi connectivity index (χ1n) is 15.7. The van der Waals surface area contributed by atoms with Gasteiger partial charge in [-0.15, -0.1) is 0 Å². The molecule has 3 saturated carbocycles. The van der Waals surface area contributed by atoms with E-state index in [0.29, 0.717) is 36.0 Å². The number of benzene rings is 1. The molecule has 15 heteroatoms. The number of ketones is 2. The van der Waals surface area contributed by atoms with Crippen LogP contribution in [0.3, 0.4) is 0 Å². The minimum absolute atomic E-state index is 0.0149.